The molecule has 2 rings (SSSR count). The van der Waals surface area contributed by atoms with Crippen LogP contribution in [-0.4, -0.2) is 30.7 Å². The Labute approximate surface area is 171 Å². The van der Waals surface area contributed by atoms with E-state index in [4.69, 9.17) is 17.0 Å². The summed E-state index contributed by atoms with van der Waals surface area (Å²) in [6.45, 7) is 1.89. The lowest BCUT2D eigenvalue weighted by molar-refractivity contribution is -0.121. The summed E-state index contributed by atoms with van der Waals surface area (Å²) in [7, 11) is 1.32. The topological polar surface area (TPSA) is 76.7 Å². The maximum absolute atomic E-state index is 12.0. The third-order valence-electron chi connectivity index (χ3n) is 3.58. The molecule has 0 spiro atoms. The monoisotopic (exact) mass is 450 g/mol. The van der Waals surface area contributed by atoms with Crippen LogP contribution in [0.2, 0.25) is 0 Å². The van der Waals surface area contributed by atoms with Crippen molar-refractivity contribution in [3.05, 3.63) is 58.1 Å². The van der Waals surface area contributed by atoms with Crippen LogP contribution in [0.3, 0.4) is 0 Å². The maximum Gasteiger partial charge on any atom is 0.337 e. The van der Waals surface area contributed by atoms with Gasteiger partial charge in [0.05, 0.1) is 17.1 Å². The number of esters is 1. The van der Waals surface area contributed by atoms with Crippen molar-refractivity contribution < 1.29 is 19.1 Å². The molecule has 2 N–H and O–H groups in total. The average Bonchev–Trinajstić information content (AvgIpc) is 2.66. The molecule has 2 aromatic rings. The first kappa shape index (κ1) is 20.9. The van der Waals surface area contributed by atoms with Crippen molar-refractivity contribution in [1.29, 1.82) is 0 Å². The highest BCUT2D eigenvalue weighted by molar-refractivity contribution is 9.10. The molecule has 0 aliphatic rings. The summed E-state index contributed by atoms with van der Waals surface area (Å²) >= 11 is 8.54. The summed E-state index contributed by atoms with van der Waals surface area (Å²) in [5.74, 6) is -0.225. The van der Waals surface area contributed by atoms with Crippen LogP contribution in [0.25, 0.3) is 0 Å². The molecule has 0 saturated carbocycles. The van der Waals surface area contributed by atoms with Crippen LogP contribution < -0.4 is 15.4 Å². The van der Waals surface area contributed by atoms with E-state index in [0.29, 0.717) is 17.0 Å². The molecule has 8 heteroatoms. The Balaban J connectivity index is 1.83. The molecule has 0 bridgehead atoms. The second kappa shape index (κ2) is 10.0. The Morgan fingerprint density at radius 3 is 2.44 bits per heavy atom. The van der Waals surface area contributed by atoms with Gasteiger partial charge in [0.1, 0.15) is 5.75 Å². The van der Waals surface area contributed by atoms with Gasteiger partial charge in [-0.1, -0.05) is 13.0 Å². The van der Waals surface area contributed by atoms with Gasteiger partial charge in [-0.2, -0.15) is 0 Å². The lowest BCUT2D eigenvalue weighted by atomic mass is 10.2. The van der Waals surface area contributed by atoms with Gasteiger partial charge in [0.2, 0.25) is 0 Å². The number of benzene rings is 2. The van der Waals surface area contributed by atoms with Crippen LogP contribution in [0.1, 0.15) is 22.8 Å². The summed E-state index contributed by atoms with van der Waals surface area (Å²) in [5.41, 5.74) is 2.22. The van der Waals surface area contributed by atoms with Crippen LogP contribution in [0.15, 0.2) is 46.9 Å². The molecular formula is C19H19BrN2O4S. The number of nitrogens with one attached hydrogen (secondary N) is 2. The number of ether oxygens (including phenoxy) is 2. The number of carbonyl (C=O) groups is 2. The van der Waals surface area contributed by atoms with Gasteiger partial charge in [0.15, 0.2) is 11.7 Å². The largest absolute Gasteiger partial charge is 0.483 e. The first-order valence-electron chi connectivity index (χ1n) is 8.13. The van der Waals surface area contributed by atoms with E-state index < -0.39 is 5.97 Å². The zero-order chi connectivity index (χ0) is 19.8. The van der Waals surface area contributed by atoms with Crippen molar-refractivity contribution in [2.24, 2.45) is 0 Å². The fourth-order valence-electron chi connectivity index (χ4n) is 2.16. The van der Waals surface area contributed by atoms with Crippen LogP contribution in [0.5, 0.6) is 5.75 Å². The van der Waals surface area contributed by atoms with Crippen LogP contribution in [-0.2, 0) is 16.0 Å². The Kier molecular flexibility index (Phi) is 7.75. The van der Waals surface area contributed by atoms with Crippen molar-refractivity contribution in [3.63, 3.8) is 0 Å². The van der Waals surface area contributed by atoms with E-state index in [9.17, 15) is 9.59 Å². The van der Waals surface area contributed by atoms with E-state index in [-0.39, 0.29) is 17.6 Å². The van der Waals surface area contributed by atoms with E-state index in [0.717, 1.165) is 10.9 Å². The van der Waals surface area contributed by atoms with Gasteiger partial charge in [-0.05, 0) is 76.5 Å². The molecule has 2 aromatic carbocycles. The fourth-order valence-corrected chi connectivity index (χ4v) is 2.93. The van der Waals surface area contributed by atoms with Crippen molar-refractivity contribution in [1.82, 2.24) is 5.32 Å². The normalized spacial score (nSPS) is 10.0. The summed E-state index contributed by atoms with van der Waals surface area (Å²) in [6.07, 6.45) is 0.917. The molecule has 0 aliphatic carbocycles. The van der Waals surface area contributed by atoms with Crippen LogP contribution in [0.4, 0.5) is 5.69 Å². The van der Waals surface area contributed by atoms with Crippen molar-refractivity contribution >= 4 is 50.8 Å². The van der Waals surface area contributed by atoms with Gasteiger partial charge in [0, 0.05) is 5.69 Å². The predicted molar refractivity (Wildman–Crippen MR) is 111 cm³/mol. The third-order valence-corrected chi connectivity index (χ3v) is 4.40. The summed E-state index contributed by atoms with van der Waals surface area (Å²) in [6, 6.07) is 12.2. The molecule has 142 valence electrons. The lowest BCUT2D eigenvalue weighted by Crippen LogP contribution is -2.37. The number of thiocarbonyl (C=S) groups is 1. The molecule has 0 radical (unpaired) electrons. The number of anilines is 1. The number of carbonyl (C=O) groups excluding carboxylic acids is 2. The zero-order valence-electron chi connectivity index (χ0n) is 14.9. The van der Waals surface area contributed by atoms with Gasteiger partial charge < -0.3 is 14.8 Å². The summed E-state index contributed by atoms with van der Waals surface area (Å²) in [5, 5.41) is 5.54. The van der Waals surface area contributed by atoms with Crippen molar-refractivity contribution in [2.75, 3.05) is 19.0 Å². The van der Waals surface area contributed by atoms with Crippen molar-refractivity contribution in [3.8, 4) is 5.75 Å². The minimum absolute atomic E-state index is 0.134. The van der Waals surface area contributed by atoms with E-state index in [1.165, 1.54) is 12.7 Å². The predicted octanol–water partition coefficient (Wildman–Crippen LogP) is 3.69. The van der Waals surface area contributed by atoms with Crippen molar-refractivity contribution in [2.45, 2.75) is 13.3 Å². The van der Waals surface area contributed by atoms with Gasteiger partial charge >= 0.3 is 5.97 Å². The molecule has 0 heterocycles. The van der Waals surface area contributed by atoms with E-state index in [1.807, 2.05) is 18.2 Å². The summed E-state index contributed by atoms with van der Waals surface area (Å²) in [4.78, 5) is 23.4. The number of hydrogen-bond acceptors (Lipinski definition) is 5. The molecule has 0 fully saturated rings. The molecule has 1 amide bonds. The van der Waals surface area contributed by atoms with Gasteiger partial charge in [-0.15, -0.1) is 0 Å². The van der Waals surface area contributed by atoms with E-state index in [1.54, 1.807) is 24.3 Å². The number of rotatable bonds is 6. The van der Waals surface area contributed by atoms with Gasteiger partial charge in [-0.3, -0.25) is 10.1 Å². The number of amides is 1. The number of halogens is 1. The summed E-state index contributed by atoms with van der Waals surface area (Å²) < 4.78 is 10.9. The Bertz CT molecular complexity index is 840. The molecule has 0 saturated heterocycles. The molecule has 0 atom stereocenters. The standard InChI is InChI=1S/C19H19BrN2O4S/c1-3-12-4-9-16(15(20)10-12)26-11-17(23)22-19(27)21-14-7-5-13(6-8-14)18(24)25-2/h4-10H,3,11H2,1-2H3,(H2,21,22,23,27). The quantitative estimate of drug-likeness (QED) is 0.516. The Hall–Kier alpha value is -2.45. The molecule has 6 nitrogen and oxygen atoms in total. The molecule has 0 aliphatic heterocycles. The van der Waals surface area contributed by atoms with E-state index >= 15 is 0 Å². The second-order valence-electron chi connectivity index (χ2n) is 5.48. The van der Waals surface area contributed by atoms with E-state index in [2.05, 4.69) is 38.2 Å². The zero-order valence-corrected chi connectivity index (χ0v) is 17.3. The first-order valence-corrected chi connectivity index (χ1v) is 9.33. The minimum Gasteiger partial charge on any atom is -0.483 e. The molecule has 0 aromatic heterocycles. The molecule has 0 unspecified atom stereocenters. The number of hydrogen-bond donors (Lipinski definition) is 2. The fraction of sp³-hybridized carbons (Fsp3) is 0.211. The average molecular weight is 451 g/mol. The third kappa shape index (κ3) is 6.33. The maximum atomic E-state index is 12.0. The van der Waals surface area contributed by atoms with Crippen LogP contribution >= 0.6 is 28.1 Å². The number of aryl methyl sites for hydroxylation is 1. The highest BCUT2D eigenvalue weighted by atomic mass is 79.9. The number of methoxy groups -OCH3 is 1. The Morgan fingerprint density at radius 1 is 1.15 bits per heavy atom. The Morgan fingerprint density at radius 2 is 1.85 bits per heavy atom. The van der Waals surface area contributed by atoms with Crippen LogP contribution in [0, 0.1) is 0 Å². The SMILES string of the molecule is CCc1ccc(OCC(=O)NC(=S)Nc2ccc(C(=O)OC)cc2)c(Br)c1. The smallest absolute Gasteiger partial charge is 0.337 e. The first-order chi connectivity index (χ1) is 12.9. The molecule has 27 heavy (non-hydrogen) atoms. The highest BCUT2D eigenvalue weighted by Gasteiger charge is 2.09. The second-order valence-corrected chi connectivity index (χ2v) is 6.74. The molecular weight excluding hydrogens is 432 g/mol. The van der Waals surface area contributed by atoms with Gasteiger partial charge in [0.25, 0.3) is 5.91 Å². The lowest BCUT2D eigenvalue weighted by Gasteiger charge is -2.12. The minimum atomic E-state index is -0.423. The van der Waals surface area contributed by atoms with Gasteiger partial charge in [-0.25, -0.2) is 4.79 Å². The highest BCUT2D eigenvalue weighted by Crippen LogP contribution is 2.26.